The van der Waals surface area contributed by atoms with E-state index in [1.54, 1.807) is 0 Å². The highest BCUT2D eigenvalue weighted by Gasteiger charge is 2.57. The number of aromatic nitrogens is 2. The minimum atomic E-state index is -5.12. The minimum Gasteiger partial charge on any atom is -0.453 e. The van der Waals surface area contributed by atoms with E-state index < -0.39 is 106 Å². The molecule has 21 heteroatoms. The zero-order valence-corrected chi connectivity index (χ0v) is 22.1. The zero-order chi connectivity index (χ0) is 30.9. The third-order valence-corrected chi connectivity index (χ3v) is 6.76. The molecule has 1 aromatic heterocycles. The SMILES string of the molecule is CC(=O)N[C@H]1[C@H]([C@H](O)[C@H](O)CO)O[C@](O)(C(=O)O[C@H]2[C@@H](O)[C@H](n3ccc(N)nc3=O)O[C@@H]2COP(=O)(O)O)C[C@@H]1O. The van der Waals surface area contributed by atoms with E-state index in [-0.39, 0.29) is 5.82 Å². The number of ether oxygens (including phenoxy) is 3. The van der Waals surface area contributed by atoms with E-state index in [9.17, 15) is 49.6 Å². The van der Waals surface area contributed by atoms with Crippen molar-refractivity contribution in [3.05, 3.63) is 22.7 Å². The molecule has 41 heavy (non-hydrogen) atoms. The van der Waals surface area contributed by atoms with Gasteiger partial charge in [-0.1, -0.05) is 0 Å². The van der Waals surface area contributed by atoms with Crippen LogP contribution in [-0.2, 0) is 32.9 Å². The van der Waals surface area contributed by atoms with Crippen LogP contribution < -0.4 is 16.7 Å². The number of amides is 1. The molecule has 11 N–H and O–H groups in total. The number of nitrogens with one attached hydrogen (secondary N) is 1. The fourth-order valence-corrected chi connectivity index (χ4v) is 4.71. The van der Waals surface area contributed by atoms with Crippen LogP contribution in [0.2, 0.25) is 0 Å². The summed E-state index contributed by atoms with van der Waals surface area (Å²) in [6.07, 6.45) is -14.8. The van der Waals surface area contributed by atoms with Crippen LogP contribution >= 0.6 is 7.82 Å². The number of esters is 1. The summed E-state index contributed by atoms with van der Waals surface area (Å²) in [6.45, 7) is -0.961. The zero-order valence-electron chi connectivity index (χ0n) is 21.2. The molecule has 232 valence electrons. The van der Waals surface area contributed by atoms with E-state index in [0.29, 0.717) is 0 Å². The molecule has 2 aliphatic heterocycles. The first-order valence-corrected chi connectivity index (χ1v) is 13.4. The Bertz CT molecular complexity index is 1210. The van der Waals surface area contributed by atoms with Crippen LogP contribution in [0.4, 0.5) is 5.82 Å². The number of nitrogens with two attached hydrogens (primary N) is 1. The Kier molecular flexibility index (Phi) is 10.2. The molecule has 1 aromatic rings. The lowest BCUT2D eigenvalue weighted by Crippen LogP contribution is -2.67. The molecule has 2 saturated heterocycles. The molecule has 3 rings (SSSR count). The molecule has 2 fully saturated rings. The minimum absolute atomic E-state index is 0.182. The van der Waals surface area contributed by atoms with Crippen molar-refractivity contribution >= 4 is 25.5 Å². The number of hydrogen-bond acceptors (Lipinski definition) is 16. The van der Waals surface area contributed by atoms with Crippen LogP contribution in [0.15, 0.2) is 17.1 Å². The van der Waals surface area contributed by atoms with Gasteiger partial charge in [-0.3, -0.25) is 13.9 Å². The monoisotopic (exact) mass is 614 g/mol. The van der Waals surface area contributed by atoms with E-state index >= 15 is 0 Å². The molecular formula is C20H31N4O16P. The quantitative estimate of drug-likeness (QED) is 0.0866. The summed E-state index contributed by atoms with van der Waals surface area (Å²) in [5.41, 5.74) is 4.43. The fraction of sp³-hybridized carbons (Fsp3) is 0.700. The number of hydrogen-bond donors (Lipinski definition) is 10. The Balaban J connectivity index is 1.90. The summed E-state index contributed by atoms with van der Waals surface area (Å²) in [5.74, 6) is -5.73. The van der Waals surface area contributed by atoms with E-state index in [1.165, 1.54) is 0 Å². The maximum absolute atomic E-state index is 13.2. The molecule has 20 nitrogen and oxygen atoms in total. The van der Waals surface area contributed by atoms with Crippen molar-refractivity contribution in [1.29, 1.82) is 0 Å². The second-order valence-electron chi connectivity index (χ2n) is 9.36. The highest BCUT2D eigenvalue weighted by atomic mass is 31.2. The maximum atomic E-state index is 13.2. The van der Waals surface area contributed by atoms with Crippen LogP contribution in [0.1, 0.15) is 19.6 Å². The summed E-state index contributed by atoms with van der Waals surface area (Å²) in [4.78, 5) is 58.7. The second kappa shape index (κ2) is 12.7. The number of carbonyl (C=O) groups is 2. The van der Waals surface area contributed by atoms with Crippen LogP contribution in [0, 0.1) is 0 Å². The highest BCUT2D eigenvalue weighted by Crippen LogP contribution is 2.40. The molecule has 10 atom stereocenters. The number of nitrogens with zero attached hydrogens (tertiary/aromatic N) is 2. The van der Waals surface area contributed by atoms with Crippen molar-refractivity contribution < 1.29 is 73.3 Å². The number of carbonyl (C=O) groups excluding carboxylic acids is 2. The van der Waals surface area contributed by atoms with Gasteiger partial charge >= 0.3 is 19.5 Å². The number of nitrogen functional groups attached to an aromatic ring is 1. The third kappa shape index (κ3) is 7.63. The average molecular weight is 614 g/mol. The number of aliphatic hydroxyl groups excluding tert-OH is 5. The van der Waals surface area contributed by atoms with E-state index in [2.05, 4.69) is 14.8 Å². The van der Waals surface area contributed by atoms with Crippen LogP contribution in [-0.4, -0.2) is 130 Å². The Morgan fingerprint density at radius 3 is 2.56 bits per heavy atom. The van der Waals surface area contributed by atoms with Gasteiger partial charge in [0, 0.05) is 19.5 Å². The summed E-state index contributed by atoms with van der Waals surface area (Å²) in [7, 11) is -5.12. The standard InChI is InChI=1S/C20H31N4O16P/c1-7(26)22-12-8(27)4-20(33,40-16(12)13(29)9(28)5-25)18(31)39-15-10(6-37-41(34,35)36)38-17(14(15)30)24-3-2-11(21)23-19(24)32/h2-3,8-10,12-17,25,27-30,33H,4-6H2,1H3,(H,22,26)(H2,21,23,32)(H2,34,35,36)/t8-,9+,10+,12+,13+,14+,15+,16+,17+,20-/m0/s1. The molecule has 0 saturated carbocycles. The normalized spacial score (nSPS) is 33.6. The van der Waals surface area contributed by atoms with Gasteiger partial charge in [0.1, 0.15) is 36.3 Å². The summed E-state index contributed by atoms with van der Waals surface area (Å²) in [5, 5.41) is 64.2. The first-order chi connectivity index (χ1) is 19.0. The van der Waals surface area contributed by atoms with Crippen molar-refractivity contribution in [2.75, 3.05) is 18.9 Å². The molecule has 0 spiro atoms. The topological polar surface area (TPSA) is 323 Å². The average Bonchev–Trinajstić information content (AvgIpc) is 3.17. The lowest BCUT2D eigenvalue weighted by molar-refractivity contribution is -0.300. The van der Waals surface area contributed by atoms with E-state index in [0.717, 1.165) is 23.8 Å². The van der Waals surface area contributed by atoms with Crippen molar-refractivity contribution in [3.63, 3.8) is 0 Å². The Morgan fingerprint density at radius 1 is 1.34 bits per heavy atom. The first kappa shape index (κ1) is 32.9. The largest absolute Gasteiger partial charge is 0.469 e. The predicted molar refractivity (Wildman–Crippen MR) is 128 cm³/mol. The van der Waals surface area contributed by atoms with Crippen LogP contribution in [0.3, 0.4) is 0 Å². The molecule has 1 amide bonds. The molecule has 0 radical (unpaired) electrons. The molecule has 0 aliphatic carbocycles. The first-order valence-electron chi connectivity index (χ1n) is 11.9. The lowest BCUT2D eigenvalue weighted by Gasteiger charge is -2.45. The molecular weight excluding hydrogens is 583 g/mol. The lowest BCUT2D eigenvalue weighted by atomic mass is 9.88. The van der Waals surface area contributed by atoms with Crippen molar-refractivity contribution in [2.24, 2.45) is 0 Å². The molecule has 0 bridgehead atoms. The Morgan fingerprint density at radius 2 is 2.00 bits per heavy atom. The van der Waals surface area contributed by atoms with Gasteiger partial charge in [-0.25, -0.2) is 14.2 Å². The van der Waals surface area contributed by atoms with Gasteiger partial charge < -0.3 is 65.7 Å². The van der Waals surface area contributed by atoms with Gasteiger partial charge in [-0.05, 0) is 6.07 Å². The van der Waals surface area contributed by atoms with Crippen molar-refractivity contribution in [2.45, 2.75) is 74.1 Å². The van der Waals surface area contributed by atoms with Gasteiger partial charge in [-0.2, -0.15) is 4.98 Å². The Labute approximate surface area is 230 Å². The van der Waals surface area contributed by atoms with E-state index in [1.807, 2.05) is 0 Å². The van der Waals surface area contributed by atoms with Crippen molar-refractivity contribution in [1.82, 2.24) is 14.9 Å². The van der Waals surface area contributed by atoms with Gasteiger partial charge in [0.05, 0.1) is 25.4 Å². The molecule has 2 aliphatic rings. The van der Waals surface area contributed by atoms with Gasteiger partial charge in [-0.15, -0.1) is 0 Å². The number of phosphoric ester groups is 1. The molecule has 0 aromatic carbocycles. The maximum Gasteiger partial charge on any atom is 0.469 e. The summed E-state index contributed by atoms with van der Waals surface area (Å²) < 4.78 is 32.3. The number of aliphatic hydroxyl groups is 6. The smallest absolute Gasteiger partial charge is 0.453 e. The summed E-state index contributed by atoms with van der Waals surface area (Å²) >= 11 is 0. The van der Waals surface area contributed by atoms with Crippen LogP contribution in [0.25, 0.3) is 0 Å². The van der Waals surface area contributed by atoms with Crippen molar-refractivity contribution in [3.8, 4) is 0 Å². The van der Waals surface area contributed by atoms with Gasteiger partial charge in [0.15, 0.2) is 12.3 Å². The third-order valence-electron chi connectivity index (χ3n) is 6.28. The summed E-state index contributed by atoms with van der Waals surface area (Å²) in [6, 6.07) is -0.328. The number of phosphoric acid groups is 1. The predicted octanol–water partition coefficient (Wildman–Crippen LogP) is -5.84. The molecule has 0 unspecified atom stereocenters. The second-order valence-corrected chi connectivity index (χ2v) is 10.6. The highest BCUT2D eigenvalue weighted by molar-refractivity contribution is 7.46. The fourth-order valence-electron chi connectivity index (χ4n) is 4.36. The Hall–Kier alpha value is -2.59. The molecule has 3 heterocycles. The van der Waals surface area contributed by atoms with E-state index in [4.69, 9.17) is 29.7 Å². The number of anilines is 1. The van der Waals surface area contributed by atoms with Gasteiger partial charge in [0.25, 0.3) is 5.79 Å². The number of rotatable bonds is 10. The van der Waals surface area contributed by atoms with Crippen LogP contribution in [0.5, 0.6) is 0 Å². The van der Waals surface area contributed by atoms with Gasteiger partial charge in [0.2, 0.25) is 5.91 Å².